The summed E-state index contributed by atoms with van der Waals surface area (Å²) >= 11 is 0. The molecule has 0 unspecified atom stereocenters. The Balaban J connectivity index is 0.000000202. The summed E-state index contributed by atoms with van der Waals surface area (Å²) in [6.45, 7) is 6.26. The number of carbonyl (C=O) groups is 2. The molecule has 0 aromatic heterocycles. The lowest BCUT2D eigenvalue weighted by Gasteiger charge is -2.03. The molecule has 0 aromatic carbocycles. The van der Waals surface area contributed by atoms with Crippen molar-refractivity contribution in [1.29, 1.82) is 0 Å². The molecule has 0 saturated carbocycles. The van der Waals surface area contributed by atoms with Gasteiger partial charge < -0.3 is 9.53 Å². The molecule has 0 atom stereocenters. The Morgan fingerprint density at radius 1 is 1.42 bits per heavy atom. The van der Waals surface area contributed by atoms with E-state index in [1.54, 1.807) is 0 Å². The molecule has 0 aromatic rings. The third kappa shape index (κ3) is 7.25. The van der Waals surface area contributed by atoms with Gasteiger partial charge >= 0.3 is 5.97 Å². The van der Waals surface area contributed by atoms with E-state index >= 15 is 0 Å². The highest BCUT2D eigenvalue weighted by molar-refractivity contribution is 5.70. The van der Waals surface area contributed by atoms with Gasteiger partial charge in [0.05, 0.1) is 6.61 Å². The van der Waals surface area contributed by atoms with Crippen LogP contribution in [-0.4, -0.2) is 18.9 Å². The summed E-state index contributed by atoms with van der Waals surface area (Å²) in [6, 6.07) is 0. The fraction of sp³-hybridized carbons (Fsp3) is 0.778. The third-order valence-corrected chi connectivity index (χ3v) is 1.14. The number of esters is 1. The van der Waals surface area contributed by atoms with Gasteiger partial charge in [-0.3, -0.25) is 4.79 Å². The van der Waals surface area contributed by atoms with Crippen LogP contribution in [0.1, 0.15) is 33.6 Å². The molecule has 0 N–H and O–H groups in total. The van der Waals surface area contributed by atoms with Crippen LogP contribution in [0.4, 0.5) is 0 Å². The average molecular weight is 172 g/mol. The molecule has 0 spiro atoms. The summed E-state index contributed by atoms with van der Waals surface area (Å²) in [6.07, 6.45) is 2.48. The van der Waals surface area contributed by atoms with Gasteiger partial charge in [0.1, 0.15) is 6.29 Å². The molecule has 12 heavy (non-hydrogen) atoms. The lowest BCUT2D eigenvalue weighted by Crippen LogP contribution is -2.04. The molecule has 0 aliphatic carbocycles. The maximum atomic E-state index is 10.0. The average Bonchev–Trinajstić information content (AvgIpc) is 2.39. The van der Waals surface area contributed by atoms with Crippen molar-refractivity contribution in [2.75, 3.05) is 6.61 Å². The molecular weight excluding hydrogens is 156 g/mol. The highest BCUT2D eigenvalue weighted by Gasteiger charge is 2.08. The van der Waals surface area contributed by atoms with Crippen LogP contribution >= 0.6 is 0 Å². The minimum atomic E-state index is -0.139. The van der Waals surface area contributed by atoms with Gasteiger partial charge in [-0.15, -0.1) is 0 Å². The Hall–Kier alpha value is -0.860. The monoisotopic (exact) mass is 172 g/mol. The molecule has 1 aliphatic heterocycles. The van der Waals surface area contributed by atoms with Gasteiger partial charge in [-0.1, -0.05) is 20.8 Å². The zero-order valence-electron chi connectivity index (χ0n) is 7.92. The molecule has 0 bridgehead atoms. The van der Waals surface area contributed by atoms with Gasteiger partial charge in [0, 0.05) is 11.8 Å². The first-order chi connectivity index (χ1) is 5.45. The summed E-state index contributed by atoms with van der Waals surface area (Å²) in [5.41, 5.74) is -0.139. The first kappa shape index (κ1) is 11.1. The van der Waals surface area contributed by atoms with Gasteiger partial charge in [0.15, 0.2) is 0 Å². The topological polar surface area (TPSA) is 43.4 Å². The number of rotatable bonds is 0. The molecule has 0 amide bonds. The van der Waals surface area contributed by atoms with Crippen molar-refractivity contribution >= 4 is 12.3 Å². The van der Waals surface area contributed by atoms with E-state index in [9.17, 15) is 9.59 Å². The maximum Gasteiger partial charge on any atom is 0.305 e. The van der Waals surface area contributed by atoms with Crippen LogP contribution in [0.2, 0.25) is 0 Å². The van der Waals surface area contributed by atoms with Crippen molar-refractivity contribution in [3.63, 3.8) is 0 Å². The zero-order valence-corrected chi connectivity index (χ0v) is 7.92. The van der Waals surface area contributed by atoms with E-state index in [4.69, 9.17) is 0 Å². The standard InChI is InChI=1S/C5H10O.C4H6O2/c1-5(2,3)4-6;5-4-2-1-3-6-4/h4H,1-3H3;1-3H2. The predicted octanol–water partition coefficient (Wildman–Crippen LogP) is 1.55. The van der Waals surface area contributed by atoms with Crippen LogP contribution in [0.3, 0.4) is 0 Å². The minimum absolute atomic E-state index is 0.0463. The van der Waals surface area contributed by atoms with E-state index < -0.39 is 0 Å². The molecule has 1 aliphatic rings. The van der Waals surface area contributed by atoms with Crippen molar-refractivity contribution in [2.45, 2.75) is 33.6 Å². The van der Waals surface area contributed by atoms with Gasteiger partial charge in [-0.2, -0.15) is 0 Å². The second-order valence-corrected chi connectivity index (χ2v) is 3.81. The first-order valence-corrected chi connectivity index (χ1v) is 4.07. The van der Waals surface area contributed by atoms with E-state index in [1.165, 1.54) is 0 Å². The third-order valence-electron chi connectivity index (χ3n) is 1.14. The Bertz CT molecular complexity index is 148. The Morgan fingerprint density at radius 2 is 1.92 bits per heavy atom. The van der Waals surface area contributed by atoms with E-state index in [-0.39, 0.29) is 11.4 Å². The largest absolute Gasteiger partial charge is 0.466 e. The molecule has 70 valence electrons. The molecule has 1 saturated heterocycles. The minimum Gasteiger partial charge on any atom is -0.466 e. The molecule has 1 rings (SSSR count). The van der Waals surface area contributed by atoms with Crippen molar-refractivity contribution in [3.8, 4) is 0 Å². The van der Waals surface area contributed by atoms with Gasteiger partial charge in [0.25, 0.3) is 0 Å². The molecular formula is C9H16O3. The SMILES string of the molecule is CC(C)(C)C=O.O=C1CCCO1. The van der Waals surface area contributed by atoms with Gasteiger partial charge in [-0.25, -0.2) is 0 Å². The predicted molar refractivity (Wildman–Crippen MR) is 45.7 cm³/mol. The van der Waals surface area contributed by atoms with E-state index in [1.807, 2.05) is 20.8 Å². The molecule has 1 heterocycles. The van der Waals surface area contributed by atoms with E-state index in [0.29, 0.717) is 13.0 Å². The number of hydrogen-bond acceptors (Lipinski definition) is 3. The summed E-state index contributed by atoms with van der Waals surface area (Å²) < 4.78 is 4.51. The van der Waals surface area contributed by atoms with Gasteiger partial charge in [0.2, 0.25) is 0 Å². The lowest BCUT2D eigenvalue weighted by molar-refractivity contribution is -0.137. The number of aldehydes is 1. The second-order valence-electron chi connectivity index (χ2n) is 3.81. The Labute approximate surface area is 73.1 Å². The van der Waals surface area contributed by atoms with E-state index in [0.717, 1.165) is 12.7 Å². The van der Waals surface area contributed by atoms with E-state index in [2.05, 4.69) is 4.74 Å². The summed E-state index contributed by atoms with van der Waals surface area (Å²) in [7, 11) is 0. The summed E-state index contributed by atoms with van der Waals surface area (Å²) in [5.74, 6) is -0.0463. The smallest absolute Gasteiger partial charge is 0.305 e. The molecule has 3 nitrogen and oxygen atoms in total. The molecule has 1 fully saturated rings. The molecule has 3 heteroatoms. The fourth-order valence-corrected chi connectivity index (χ4v) is 0.475. The summed E-state index contributed by atoms with van der Waals surface area (Å²) in [4.78, 5) is 19.8. The fourth-order valence-electron chi connectivity index (χ4n) is 0.475. The first-order valence-electron chi connectivity index (χ1n) is 4.07. The number of hydrogen-bond donors (Lipinski definition) is 0. The number of carbonyl (C=O) groups excluding carboxylic acids is 2. The highest BCUT2D eigenvalue weighted by atomic mass is 16.5. The number of ether oxygens (including phenoxy) is 1. The van der Waals surface area contributed by atoms with Crippen molar-refractivity contribution in [3.05, 3.63) is 0 Å². The normalized spacial score (nSPS) is 16.1. The van der Waals surface area contributed by atoms with Crippen LogP contribution in [0, 0.1) is 5.41 Å². The number of cyclic esters (lactones) is 1. The quantitative estimate of drug-likeness (QED) is 0.411. The lowest BCUT2D eigenvalue weighted by atomic mass is 10.0. The van der Waals surface area contributed by atoms with Crippen LogP contribution in [-0.2, 0) is 14.3 Å². The summed E-state index contributed by atoms with van der Waals surface area (Å²) in [5, 5.41) is 0. The van der Waals surface area contributed by atoms with Crippen molar-refractivity contribution in [2.24, 2.45) is 5.41 Å². The highest BCUT2D eigenvalue weighted by Crippen LogP contribution is 2.05. The Morgan fingerprint density at radius 3 is 2.00 bits per heavy atom. The van der Waals surface area contributed by atoms with Crippen LogP contribution in [0.15, 0.2) is 0 Å². The van der Waals surface area contributed by atoms with Crippen molar-refractivity contribution < 1.29 is 14.3 Å². The van der Waals surface area contributed by atoms with Gasteiger partial charge in [-0.05, 0) is 6.42 Å². The van der Waals surface area contributed by atoms with Crippen LogP contribution in [0.25, 0.3) is 0 Å². The Kier molecular flexibility index (Phi) is 4.55. The zero-order chi connectivity index (χ0) is 9.61. The van der Waals surface area contributed by atoms with Crippen LogP contribution in [0.5, 0.6) is 0 Å². The second kappa shape index (κ2) is 4.91. The van der Waals surface area contributed by atoms with Crippen molar-refractivity contribution in [1.82, 2.24) is 0 Å². The maximum absolute atomic E-state index is 10.0. The van der Waals surface area contributed by atoms with Crippen LogP contribution < -0.4 is 0 Å². The molecule has 0 radical (unpaired) electrons.